The van der Waals surface area contributed by atoms with Crippen molar-refractivity contribution in [2.24, 2.45) is 0 Å². The lowest BCUT2D eigenvalue weighted by Crippen LogP contribution is -1.80. The zero-order valence-electron chi connectivity index (χ0n) is 11.2. The number of benzene rings is 2. The third-order valence-corrected chi connectivity index (χ3v) is 4.62. The molecule has 5 heteroatoms. The zero-order chi connectivity index (χ0) is 14.8. The number of rotatable bonds is 3. The second-order valence-electron chi connectivity index (χ2n) is 4.43. The van der Waals surface area contributed by atoms with Gasteiger partial charge in [-0.25, -0.2) is 4.98 Å². The summed E-state index contributed by atoms with van der Waals surface area (Å²) in [6.45, 7) is 0. The number of ether oxygens (including phenoxy) is 1. The number of fused-ring (bicyclic) bond motifs is 1. The highest BCUT2D eigenvalue weighted by atomic mass is 79.9. The summed E-state index contributed by atoms with van der Waals surface area (Å²) < 4.78 is 6.99. The Morgan fingerprint density at radius 3 is 2.81 bits per heavy atom. The normalized spacial score (nSPS) is 11.3. The van der Waals surface area contributed by atoms with Crippen molar-refractivity contribution in [1.29, 1.82) is 0 Å². The summed E-state index contributed by atoms with van der Waals surface area (Å²) in [5.74, 6) is 1.07. The molecule has 0 atom stereocenters. The Morgan fingerprint density at radius 1 is 1.19 bits per heavy atom. The maximum Gasteiger partial charge on any atom is 0.129 e. The van der Waals surface area contributed by atoms with Gasteiger partial charge in [0.1, 0.15) is 16.5 Å². The number of phenols is 1. The molecule has 0 fully saturated rings. The summed E-state index contributed by atoms with van der Waals surface area (Å²) in [5, 5.41) is 10.4. The third-order valence-electron chi connectivity index (χ3n) is 3.00. The molecule has 0 saturated heterocycles. The van der Waals surface area contributed by atoms with E-state index in [1.165, 1.54) is 0 Å². The standard InChI is InChI=1S/C16H12BrNO2S/c1-20-11-4-5-13-15(9-11)21-16(18-13)7-3-10-2-6-14(19)12(17)8-10/h2-9,19H,1H3/b7-3+. The van der Waals surface area contributed by atoms with E-state index in [0.29, 0.717) is 4.47 Å². The molecule has 1 N–H and O–H groups in total. The van der Waals surface area contributed by atoms with Crippen LogP contribution in [-0.2, 0) is 0 Å². The molecule has 2 aromatic carbocycles. The molecule has 3 nitrogen and oxygen atoms in total. The van der Waals surface area contributed by atoms with E-state index in [1.807, 2.05) is 42.5 Å². The number of phenolic OH excluding ortho intramolecular Hbond substituents is 1. The van der Waals surface area contributed by atoms with Gasteiger partial charge in [0.25, 0.3) is 0 Å². The van der Waals surface area contributed by atoms with Crippen molar-refractivity contribution in [2.75, 3.05) is 7.11 Å². The number of halogens is 1. The molecule has 106 valence electrons. The van der Waals surface area contributed by atoms with Crippen LogP contribution in [0.4, 0.5) is 0 Å². The molecule has 0 unspecified atom stereocenters. The average Bonchev–Trinajstić information content (AvgIpc) is 2.90. The third kappa shape index (κ3) is 3.09. The van der Waals surface area contributed by atoms with Gasteiger partial charge in [0.05, 0.1) is 21.8 Å². The maximum atomic E-state index is 9.48. The first-order valence-electron chi connectivity index (χ1n) is 6.27. The van der Waals surface area contributed by atoms with E-state index in [4.69, 9.17) is 4.74 Å². The fourth-order valence-corrected chi connectivity index (χ4v) is 3.21. The molecule has 21 heavy (non-hydrogen) atoms. The summed E-state index contributed by atoms with van der Waals surface area (Å²) in [4.78, 5) is 4.56. The van der Waals surface area contributed by atoms with Gasteiger partial charge in [0.15, 0.2) is 0 Å². The van der Waals surface area contributed by atoms with E-state index >= 15 is 0 Å². The quantitative estimate of drug-likeness (QED) is 0.717. The molecule has 3 rings (SSSR count). The van der Waals surface area contributed by atoms with Crippen molar-refractivity contribution in [3.63, 3.8) is 0 Å². The number of hydrogen-bond acceptors (Lipinski definition) is 4. The fourth-order valence-electron chi connectivity index (χ4n) is 1.92. The molecule has 0 saturated carbocycles. The van der Waals surface area contributed by atoms with Gasteiger partial charge >= 0.3 is 0 Å². The molecule has 0 aliphatic carbocycles. The molecular formula is C16H12BrNO2S. The Balaban J connectivity index is 1.90. The molecule has 0 spiro atoms. The van der Waals surface area contributed by atoms with Gasteiger partial charge in [-0.15, -0.1) is 11.3 Å². The van der Waals surface area contributed by atoms with Crippen LogP contribution in [-0.4, -0.2) is 17.2 Å². The smallest absolute Gasteiger partial charge is 0.129 e. The monoisotopic (exact) mass is 361 g/mol. The van der Waals surface area contributed by atoms with Crippen LogP contribution in [0.15, 0.2) is 40.9 Å². The van der Waals surface area contributed by atoms with Crippen LogP contribution in [0.2, 0.25) is 0 Å². The summed E-state index contributed by atoms with van der Waals surface area (Å²) in [7, 11) is 1.66. The molecule has 0 bridgehead atoms. The zero-order valence-corrected chi connectivity index (χ0v) is 13.6. The van der Waals surface area contributed by atoms with Crippen LogP contribution in [0.1, 0.15) is 10.6 Å². The number of aromatic hydroxyl groups is 1. The first kappa shape index (κ1) is 14.1. The lowest BCUT2D eigenvalue weighted by atomic mass is 10.2. The van der Waals surface area contributed by atoms with Gasteiger partial charge in [0, 0.05) is 0 Å². The number of nitrogens with zero attached hydrogens (tertiary/aromatic N) is 1. The molecule has 0 amide bonds. The Labute approximate surface area is 134 Å². The number of methoxy groups -OCH3 is 1. The van der Waals surface area contributed by atoms with Crippen LogP contribution < -0.4 is 4.74 Å². The van der Waals surface area contributed by atoms with Gasteiger partial charge in [-0.2, -0.15) is 0 Å². The molecule has 3 aromatic rings. The minimum Gasteiger partial charge on any atom is -0.507 e. The van der Waals surface area contributed by atoms with Crippen LogP contribution in [0.25, 0.3) is 22.4 Å². The largest absolute Gasteiger partial charge is 0.507 e. The van der Waals surface area contributed by atoms with Crippen molar-refractivity contribution in [3.8, 4) is 11.5 Å². The lowest BCUT2D eigenvalue weighted by Gasteiger charge is -1.97. The first-order valence-corrected chi connectivity index (χ1v) is 7.88. The van der Waals surface area contributed by atoms with E-state index in [2.05, 4.69) is 20.9 Å². The fraction of sp³-hybridized carbons (Fsp3) is 0.0625. The SMILES string of the molecule is COc1ccc2nc(/C=C/c3ccc(O)c(Br)c3)sc2c1. The summed E-state index contributed by atoms with van der Waals surface area (Å²) in [5.41, 5.74) is 1.96. The van der Waals surface area contributed by atoms with Gasteiger partial charge < -0.3 is 9.84 Å². The predicted molar refractivity (Wildman–Crippen MR) is 90.9 cm³/mol. The number of aromatic nitrogens is 1. The summed E-state index contributed by atoms with van der Waals surface area (Å²) in [6, 6.07) is 11.2. The van der Waals surface area contributed by atoms with Crippen LogP contribution >= 0.6 is 27.3 Å². The topological polar surface area (TPSA) is 42.4 Å². The highest BCUT2D eigenvalue weighted by Gasteiger charge is 2.03. The first-order chi connectivity index (χ1) is 10.2. The van der Waals surface area contributed by atoms with Crippen LogP contribution in [0.3, 0.4) is 0 Å². The summed E-state index contributed by atoms with van der Waals surface area (Å²) in [6.07, 6.45) is 3.94. The average molecular weight is 362 g/mol. The minimum atomic E-state index is 0.235. The van der Waals surface area contributed by atoms with E-state index in [9.17, 15) is 5.11 Å². The Kier molecular flexibility index (Phi) is 3.94. The maximum absolute atomic E-state index is 9.48. The van der Waals surface area contributed by atoms with Crippen LogP contribution in [0.5, 0.6) is 11.5 Å². The number of hydrogen-bond donors (Lipinski definition) is 1. The number of thiazole rings is 1. The van der Waals surface area contributed by atoms with E-state index in [-0.39, 0.29) is 5.75 Å². The van der Waals surface area contributed by atoms with E-state index in [0.717, 1.165) is 26.5 Å². The van der Waals surface area contributed by atoms with Crippen molar-refractivity contribution < 1.29 is 9.84 Å². The molecule has 0 aliphatic rings. The lowest BCUT2D eigenvalue weighted by molar-refractivity contribution is 0.415. The molecule has 0 aliphatic heterocycles. The highest BCUT2D eigenvalue weighted by molar-refractivity contribution is 9.10. The van der Waals surface area contributed by atoms with Gasteiger partial charge in [-0.1, -0.05) is 12.1 Å². The minimum absolute atomic E-state index is 0.235. The van der Waals surface area contributed by atoms with Crippen molar-refractivity contribution in [2.45, 2.75) is 0 Å². The van der Waals surface area contributed by atoms with Crippen molar-refractivity contribution >= 4 is 49.6 Å². The molecule has 1 heterocycles. The van der Waals surface area contributed by atoms with Crippen molar-refractivity contribution in [1.82, 2.24) is 4.98 Å². The van der Waals surface area contributed by atoms with Gasteiger partial charge in [-0.3, -0.25) is 0 Å². The van der Waals surface area contributed by atoms with E-state index in [1.54, 1.807) is 24.5 Å². The Bertz CT molecular complexity index is 826. The second-order valence-corrected chi connectivity index (χ2v) is 6.35. The van der Waals surface area contributed by atoms with Gasteiger partial charge in [0.2, 0.25) is 0 Å². The predicted octanol–water partition coefficient (Wildman–Crippen LogP) is 4.94. The van der Waals surface area contributed by atoms with Crippen LogP contribution in [0, 0.1) is 0 Å². The Hall–Kier alpha value is -1.85. The summed E-state index contributed by atoms with van der Waals surface area (Å²) >= 11 is 4.92. The molecule has 0 radical (unpaired) electrons. The Morgan fingerprint density at radius 2 is 2.05 bits per heavy atom. The van der Waals surface area contributed by atoms with Gasteiger partial charge in [-0.05, 0) is 57.9 Å². The van der Waals surface area contributed by atoms with E-state index < -0.39 is 0 Å². The van der Waals surface area contributed by atoms with Crippen molar-refractivity contribution in [3.05, 3.63) is 51.4 Å². The highest BCUT2D eigenvalue weighted by Crippen LogP contribution is 2.28. The molecule has 1 aromatic heterocycles. The molecular weight excluding hydrogens is 350 g/mol. The second kappa shape index (κ2) is 5.87.